The number of carbonyl (C=O) groups excluding carboxylic acids is 1. The topological polar surface area (TPSA) is 74.2 Å². The summed E-state index contributed by atoms with van der Waals surface area (Å²) in [5.41, 5.74) is -0.897. The highest BCUT2D eigenvalue weighted by Crippen LogP contribution is 2.21. The van der Waals surface area contributed by atoms with E-state index in [1.807, 2.05) is 27.0 Å². The van der Waals surface area contributed by atoms with Crippen molar-refractivity contribution in [1.29, 1.82) is 0 Å². The second kappa shape index (κ2) is 7.75. The molecule has 3 N–H and O–H groups in total. The third-order valence-electron chi connectivity index (χ3n) is 3.92. The molecule has 0 aromatic carbocycles. The van der Waals surface area contributed by atoms with Gasteiger partial charge in [-0.3, -0.25) is 0 Å². The van der Waals surface area contributed by atoms with Crippen molar-refractivity contribution in [2.45, 2.75) is 59.1 Å². The highest BCUT2D eigenvalue weighted by Gasteiger charge is 2.27. The maximum atomic E-state index is 11.9. The normalized spacial score (nSPS) is 16.9. The van der Waals surface area contributed by atoms with Crippen LogP contribution >= 0.6 is 11.3 Å². The van der Waals surface area contributed by atoms with Gasteiger partial charge in [0, 0.05) is 17.6 Å². The van der Waals surface area contributed by atoms with Crippen LogP contribution in [0.3, 0.4) is 0 Å². The Bertz CT molecular complexity index is 460. The minimum absolute atomic E-state index is 0.126. The second-order valence-corrected chi connectivity index (χ2v) is 6.88. The molecule has 6 heteroatoms. The molecule has 1 aromatic heterocycles. The van der Waals surface area contributed by atoms with Crippen molar-refractivity contribution in [3.63, 3.8) is 0 Å². The van der Waals surface area contributed by atoms with Crippen LogP contribution in [-0.4, -0.2) is 28.3 Å². The minimum Gasteiger partial charge on any atom is -0.388 e. The zero-order chi connectivity index (χ0) is 16.0. The Balaban J connectivity index is 2.46. The lowest BCUT2D eigenvalue weighted by atomic mass is 9.89. The molecular formula is C15H27N3O2S. The lowest BCUT2D eigenvalue weighted by Gasteiger charge is -2.30. The van der Waals surface area contributed by atoms with Gasteiger partial charge in [-0.15, -0.1) is 11.3 Å². The fourth-order valence-corrected chi connectivity index (χ4v) is 2.73. The third-order valence-corrected chi connectivity index (χ3v) is 5.24. The molecule has 1 heterocycles. The van der Waals surface area contributed by atoms with Gasteiger partial charge < -0.3 is 15.7 Å². The molecule has 0 fully saturated rings. The van der Waals surface area contributed by atoms with Gasteiger partial charge in [0.25, 0.3) is 0 Å². The Morgan fingerprint density at radius 2 is 2.14 bits per heavy atom. The summed E-state index contributed by atoms with van der Waals surface area (Å²) in [6.45, 7) is 9.97. The molecule has 1 aromatic rings. The SMILES string of the molecule is CCc1cnc(C(C)NC(=O)NCC(C)(O)C(C)CC)s1. The number of aromatic nitrogens is 1. The third kappa shape index (κ3) is 5.28. The summed E-state index contributed by atoms with van der Waals surface area (Å²) in [7, 11) is 0. The number of aliphatic hydroxyl groups is 1. The number of thiazole rings is 1. The molecule has 0 bridgehead atoms. The van der Waals surface area contributed by atoms with E-state index in [2.05, 4.69) is 22.5 Å². The first-order chi connectivity index (χ1) is 9.80. The average molecular weight is 313 g/mol. The highest BCUT2D eigenvalue weighted by atomic mass is 32.1. The predicted molar refractivity (Wildman–Crippen MR) is 86.5 cm³/mol. The van der Waals surface area contributed by atoms with Gasteiger partial charge in [0.15, 0.2) is 0 Å². The van der Waals surface area contributed by atoms with Crippen LogP contribution in [0.5, 0.6) is 0 Å². The summed E-state index contributed by atoms with van der Waals surface area (Å²) >= 11 is 1.61. The first-order valence-electron chi connectivity index (χ1n) is 7.51. The van der Waals surface area contributed by atoms with Gasteiger partial charge in [-0.25, -0.2) is 9.78 Å². The molecule has 0 aliphatic heterocycles. The van der Waals surface area contributed by atoms with Crippen molar-refractivity contribution in [3.8, 4) is 0 Å². The van der Waals surface area contributed by atoms with Crippen molar-refractivity contribution in [3.05, 3.63) is 16.1 Å². The Kier molecular flexibility index (Phi) is 6.61. The fourth-order valence-electron chi connectivity index (χ4n) is 1.87. The number of hydrogen-bond donors (Lipinski definition) is 3. The maximum Gasteiger partial charge on any atom is 0.315 e. The number of urea groups is 1. The van der Waals surface area contributed by atoms with E-state index in [0.717, 1.165) is 17.8 Å². The summed E-state index contributed by atoms with van der Waals surface area (Å²) in [5.74, 6) is 0.126. The van der Waals surface area contributed by atoms with Gasteiger partial charge in [0.05, 0.1) is 11.6 Å². The van der Waals surface area contributed by atoms with Crippen LogP contribution in [0.4, 0.5) is 4.79 Å². The Morgan fingerprint density at radius 1 is 1.48 bits per heavy atom. The molecule has 0 radical (unpaired) electrons. The van der Waals surface area contributed by atoms with Gasteiger partial charge in [-0.1, -0.05) is 27.2 Å². The molecular weight excluding hydrogens is 286 g/mol. The van der Waals surface area contributed by atoms with Gasteiger partial charge in [-0.05, 0) is 26.2 Å². The van der Waals surface area contributed by atoms with E-state index in [9.17, 15) is 9.90 Å². The van der Waals surface area contributed by atoms with Crippen molar-refractivity contribution >= 4 is 17.4 Å². The molecule has 0 saturated heterocycles. The van der Waals surface area contributed by atoms with Gasteiger partial charge >= 0.3 is 6.03 Å². The quantitative estimate of drug-likeness (QED) is 0.724. The number of hydrogen-bond acceptors (Lipinski definition) is 4. The molecule has 120 valence electrons. The van der Waals surface area contributed by atoms with Crippen LogP contribution < -0.4 is 10.6 Å². The second-order valence-electron chi connectivity index (χ2n) is 5.73. The molecule has 2 amide bonds. The van der Waals surface area contributed by atoms with Gasteiger partial charge in [-0.2, -0.15) is 0 Å². The lowest BCUT2D eigenvalue weighted by Crippen LogP contribution is -2.48. The van der Waals surface area contributed by atoms with Crippen LogP contribution in [0, 0.1) is 5.92 Å². The number of rotatable bonds is 7. The number of nitrogens with zero attached hydrogens (tertiary/aromatic N) is 1. The van der Waals surface area contributed by atoms with Crippen LogP contribution in [0.2, 0.25) is 0 Å². The molecule has 3 unspecified atom stereocenters. The summed E-state index contributed by atoms with van der Waals surface area (Å²) in [5, 5.41) is 16.8. The smallest absolute Gasteiger partial charge is 0.315 e. The first-order valence-corrected chi connectivity index (χ1v) is 8.33. The Labute approximate surface area is 131 Å². The molecule has 0 spiro atoms. The van der Waals surface area contributed by atoms with Crippen molar-refractivity contribution < 1.29 is 9.90 Å². The molecule has 0 aliphatic rings. The van der Waals surface area contributed by atoms with Crippen molar-refractivity contribution in [2.24, 2.45) is 5.92 Å². The first kappa shape index (κ1) is 17.9. The zero-order valence-electron chi connectivity index (χ0n) is 13.6. The van der Waals surface area contributed by atoms with Gasteiger partial charge in [0.2, 0.25) is 0 Å². The van der Waals surface area contributed by atoms with Crippen LogP contribution in [0.15, 0.2) is 6.20 Å². The average Bonchev–Trinajstić information content (AvgIpc) is 2.93. The number of carbonyl (C=O) groups is 1. The van der Waals surface area contributed by atoms with Crippen LogP contribution in [-0.2, 0) is 6.42 Å². The van der Waals surface area contributed by atoms with E-state index in [4.69, 9.17) is 0 Å². The zero-order valence-corrected chi connectivity index (χ0v) is 14.4. The van der Waals surface area contributed by atoms with Crippen LogP contribution in [0.25, 0.3) is 0 Å². The van der Waals surface area contributed by atoms with Gasteiger partial charge in [0.1, 0.15) is 5.01 Å². The molecule has 0 aliphatic carbocycles. The number of amides is 2. The van der Waals surface area contributed by atoms with E-state index in [1.165, 1.54) is 4.88 Å². The van der Waals surface area contributed by atoms with E-state index in [0.29, 0.717) is 0 Å². The van der Waals surface area contributed by atoms with E-state index >= 15 is 0 Å². The van der Waals surface area contributed by atoms with E-state index in [1.54, 1.807) is 18.3 Å². The number of nitrogens with one attached hydrogen (secondary N) is 2. The minimum atomic E-state index is -0.897. The summed E-state index contributed by atoms with van der Waals surface area (Å²) in [6, 6.07) is -0.414. The Morgan fingerprint density at radius 3 is 2.67 bits per heavy atom. The van der Waals surface area contributed by atoms with Crippen molar-refractivity contribution in [2.75, 3.05) is 6.54 Å². The number of aryl methyl sites for hydroxylation is 1. The summed E-state index contributed by atoms with van der Waals surface area (Å²) < 4.78 is 0. The summed E-state index contributed by atoms with van der Waals surface area (Å²) in [4.78, 5) is 17.4. The lowest BCUT2D eigenvalue weighted by molar-refractivity contribution is 0.00785. The molecule has 1 rings (SSSR count). The van der Waals surface area contributed by atoms with E-state index < -0.39 is 5.60 Å². The predicted octanol–water partition coefficient (Wildman–Crippen LogP) is 2.86. The molecule has 5 nitrogen and oxygen atoms in total. The standard InChI is InChI=1S/C15H27N3O2S/c1-6-10(3)15(5,20)9-17-14(19)18-11(4)13-16-8-12(7-2)21-13/h8,10-11,20H,6-7,9H2,1-5H3,(H2,17,18,19). The fraction of sp³-hybridized carbons (Fsp3) is 0.733. The molecule has 21 heavy (non-hydrogen) atoms. The van der Waals surface area contributed by atoms with E-state index in [-0.39, 0.29) is 24.5 Å². The highest BCUT2D eigenvalue weighted by molar-refractivity contribution is 7.11. The molecule has 3 atom stereocenters. The maximum absolute atomic E-state index is 11.9. The largest absolute Gasteiger partial charge is 0.388 e. The Hall–Kier alpha value is -1.14. The molecule has 0 saturated carbocycles. The van der Waals surface area contributed by atoms with Crippen LogP contribution in [0.1, 0.15) is 57.0 Å². The summed E-state index contributed by atoms with van der Waals surface area (Å²) in [6.07, 6.45) is 3.67. The monoisotopic (exact) mass is 313 g/mol. The van der Waals surface area contributed by atoms with Crippen molar-refractivity contribution in [1.82, 2.24) is 15.6 Å².